The molecule has 0 bridgehead atoms. The molecular weight excluding hydrogens is 314 g/mol. The van der Waals surface area contributed by atoms with E-state index in [9.17, 15) is 9.59 Å². The average Bonchev–Trinajstić information content (AvgIpc) is 3.25. The number of pyridine rings is 1. The van der Waals surface area contributed by atoms with E-state index in [0.717, 1.165) is 37.2 Å². The number of likely N-dealkylation sites (tertiary alicyclic amines) is 1. The Bertz CT molecular complexity index is 810. The number of fused-ring (bicyclic) bond motifs is 1. The highest BCUT2D eigenvalue weighted by Crippen LogP contribution is 2.38. The summed E-state index contributed by atoms with van der Waals surface area (Å²) in [5.41, 5.74) is 3.26. The summed E-state index contributed by atoms with van der Waals surface area (Å²) < 4.78 is 0. The fourth-order valence-electron chi connectivity index (χ4n) is 3.71. The molecule has 1 aromatic heterocycles. The van der Waals surface area contributed by atoms with E-state index in [4.69, 9.17) is 0 Å². The average molecular weight is 335 g/mol. The van der Waals surface area contributed by atoms with Gasteiger partial charge in [0, 0.05) is 25.0 Å². The second-order valence-corrected chi connectivity index (χ2v) is 6.75. The van der Waals surface area contributed by atoms with Gasteiger partial charge in [0.2, 0.25) is 5.91 Å². The van der Waals surface area contributed by atoms with Crippen molar-refractivity contribution in [2.24, 2.45) is 0 Å². The minimum Gasteiger partial charge on any atom is -0.343 e. The summed E-state index contributed by atoms with van der Waals surface area (Å²) in [4.78, 5) is 33.7. The molecule has 2 aliphatic heterocycles. The zero-order valence-corrected chi connectivity index (χ0v) is 14.3. The van der Waals surface area contributed by atoms with E-state index in [1.807, 2.05) is 36.1 Å². The summed E-state index contributed by atoms with van der Waals surface area (Å²) in [6.45, 7) is 3.65. The molecule has 1 atom stereocenters. The molecule has 0 aliphatic carbocycles. The number of anilines is 1. The van der Waals surface area contributed by atoms with Crippen LogP contribution in [0, 0.1) is 6.92 Å². The Morgan fingerprint density at radius 3 is 2.60 bits per heavy atom. The van der Waals surface area contributed by atoms with Gasteiger partial charge in [0.25, 0.3) is 5.91 Å². The summed E-state index contributed by atoms with van der Waals surface area (Å²) in [6.07, 6.45) is 4.10. The number of benzene rings is 1. The fraction of sp³-hybridized carbons (Fsp3) is 0.350. The van der Waals surface area contributed by atoms with Gasteiger partial charge in [0.1, 0.15) is 0 Å². The van der Waals surface area contributed by atoms with Gasteiger partial charge in [-0.2, -0.15) is 0 Å². The van der Waals surface area contributed by atoms with Crippen molar-refractivity contribution in [1.29, 1.82) is 0 Å². The van der Waals surface area contributed by atoms with Crippen LogP contribution in [0.2, 0.25) is 0 Å². The minimum absolute atomic E-state index is 0.0776. The lowest BCUT2D eigenvalue weighted by Crippen LogP contribution is -2.34. The van der Waals surface area contributed by atoms with Gasteiger partial charge < -0.3 is 4.90 Å². The van der Waals surface area contributed by atoms with Crippen molar-refractivity contribution in [1.82, 2.24) is 9.88 Å². The van der Waals surface area contributed by atoms with Crippen molar-refractivity contribution in [2.45, 2.75) is 32.2 Å². The standard InChI is InChI=1S/C20H21N3O2/c1-14-6-8-15(9-7-14)23-17(13-18(24)22-11-2-3-12-22)19-16(20(23)25)5-4-10-21-19/h4-10,17H,2-3,11-13H2,1H3/t17-/m1/s1. The lowest BCUT2D eigenvalue weighted by Gasteiger charge is -2.26. The fourth-order valence-corrected chi connectivity index (χ4v) is 3.71. The normalized spacial score (nSPS) is 19.4. The zero-order chi connectivity index (χ0) is 17.4. The maximum Gasteiger partial charge on any atom is 0.260 e. The van der Waals surface area contributed by atoms with E-state index in [0.29, 0.717) is 11.3 Å². The third-order valence-electron chi connectivity index (χ3n) is 5.05. The molecule has 2 aliphatic rings. The first-order valence-corrected chi connectivity index (χ1v) is 8.78. The lowest BCUT2D eigenvalue weighted by molar-refractivity contribution is -0.130. The molecule has 0 saturated carbocycles. The topological polar surface area (TPSA) is 53.5 Å². The molecule has 1 aromatic carbocycles. The minimum atomic E-state index is -0.334. The van der Waals surface area contributed by atoms with E-state index in [-0.39, 0.29) is 24.3 Å². The highest BCUT2D eigenvalue weighted by Gasteiger charge is 2.40. The number of carbonyl (C=O) groups is 2. The Kier molecular flexibility index (Phi) is 3.99. The molecule has 25 heavy (non-hydrogen) atoms. The number of rotatable bonds is 3. The maximum absolute atomic E-state index is 13.0. The molecule has 0 radical (unpaired) electrons. The molecule has 128 valence electrons. The number of hydrogen-bond acceptors (Lipinski definition) is 3. The van der Waals surface area contributed by atoms with Gasteiger partial charge in [0.15, 0.2) is 0 Å². The van der Waals surface area contributed by atoms with E-state index >= 15 is 0 Å². The number of aryl methyl sites for hydroxylation is 1. The number of carbonyl (C=O) groups excluding carboxylic acids is 2. The summed E-state index contributed by atoms with van der Waals surface area (Å²) in [5, 5.41) is 0. The van der Waals surface area contributed by atoms with Gasteiger partial charge in [-0.25, -0.2) is 0 Å². The molecule has 0 unspecified atom stereocenters. The monoisotopic (exact) mass is 335 g/mol. The van der Waals surface area contributed by atoms with Crippen LogP contribution < -0.4 is 4.90 Å². The van der Waals surface area contributed by atoms with Crippen molar-refractivity contribution in [3.05, 3.63) is 59.4 Å². The van der Waals surface area contributed by atoms with Gasteiger partial charge >= 0.3 is 0 Å². The van der Waals surface area contributed by atoms with Crippen molar-refractivity contribution in [3.8, 4) is 0 Å². The molecule has 1 fully saturated rings. The van der Waals surface area contributed by atoms with Crippen LogP contribution in [0.4, 0.5) is 5.69 Å². The summed E-state index contributed by atoms with van der Waals surface area (Å²) in [5.74, 6) is 0.0251. The first-order valence-electron chi connectivity index (χ1n) is 8.78. The Morgan fingerprint density at radius 2 is 1.88 bits per heavy atom. The quantitative estimate of drug-likeness (QED) is 0.866. The van der Waals surface area contributed by atoms with Crippen LogP contribution in [0.3, 0.4) is 0 Å². The Hall–Kier alpha value is -2.69. The van der Waals surface area contributed by atoms with Gasteiger partial charge in [-0.05, 0) is 44.0 Å². The van der Waals surface area contributed by atoms with Crippen LogP contribution in [0.1, 0.15) is 46.9 Å². The summed E-state index contributed by atoms with van der Waals surface area (Å²) in [7, 11) is 0. The number of nitrogens with zero attached hydrogens (tertiary/aromatic N) is 3. The molecule has 5 heteroatoms. The molecule has 3 heterocycles. The summed E-state index contributed by atoms with van der Waals surface area (Å²) in [6, 6.07) is 11.1. The first kappa shape index (κ1) is 15.8. The Morgan fingerprint density at radius 1 is 1.16 bits per heavy atom. The highest BCUT2D eigenvalue weighted by atomic mass is 16.2. The van der Waals surface area contributed by atoms with E-state index in [1.165, 1.54) is 0 Å². The van der Waals surface area contributed by atoms with Gasteiger partial charge in [-0.1, -0.05) is 17.7 Å². The van der Waals surface area contributed by atoms with Crippen molar-refractivity contribution in [3.63, 3.8) is 0 Å². The Balaban J connectivity index is 1.69. The van der Waals surface area contributed by atoms with Crippen molar-refractivity contribution >= 4 is 17.5 Å². The zero-order valence-electron chi connectivity index (χ0n) is 14.3. The molecular formula is C20H21N3O2. The van der Waals surface area contributed by atoms with E-state index in [2.05, 4.69) is 4.98 Å². The third-order valence-corrected chi connectivity index (χ3v) is 5.05. The van der Waals surface area contributed by atoms with Gasteiger partial charge in [0.05, 0.1) is 23.7 Å². The predicted octanol–water partition coefficient (Wildman–Crippen LogP) is 3.10. The number of hydrogen-bond donors (Lipinski definition) is 0. The maximum atomic E-state index is 13.0. The molecule has 4 rings (SSSR count). The molecule has 2 amide bonds. The Labute approximate surface area is 147 Å². The first-order chi connectivity index (χ1) is 12.1. The second kappa shape index (κ2) is 6.31. The van der Waals surface area contributed by atoms with E-state index in [1.54, 1.807) is 23.2 Å². The molecule has 2 aromatic rings. The largest absolute Gasteiger partial charge is 0.343 e. The van der Waals surface area contributed by atoms with Gasteiger partial charge in [-0.3, -0.25) is 19.5 Å². The van der Waals surface area contributed by atoms with Crippen LogP contribution in [0.15, 0.2) is 42.6 Å². The predicted molar refractivity (Wildman–Crippen MR) is 95.4 cm³/mol. The van der Waals surface area contributed by atoms with E-state index < -0.39 is 0 Å². The molecule has 1 saturated heterocycles. The van der Waals surface area contributed by atoms with Crippen LogP contribution in [-0.2, 0) is 4.79 Å². The van der Waals surface area contributed by atoms with Crippen LogP contribution in [0.25, 0.3) is 0 Å². The number of amides is 2. The molecule has 0 N–H and O–H groups in total. The second-order valence-electron chi connectivity index (χ2n) is 6.75. The van der Waals surface area contributed by atoms with Crippen molar-refractivity contribution < 1.29 is 9.59 Å². The SMILES string of the molecule is Cc1ccc(N2C(=O)c3cccnc3[C@H]2CC(=O)N2CCCC2)cc1. The smallest absolute Gasteiger partial charge is 0.260 e. The highest BCUT2D eigenvalue weighted by molar-refractivity contribution is 6.11. The van der Waals surface area contributed by atoms with Gasteiger partial charge in [-0.15, -0.1) is 0 Å². The van der Waals surface area contributed by atoms with Crippen molar-refractivity contribution in [2.75, 3.05) is 18.0 Å². The van der Waals surface area contributed by atoms with Crippen LogP contribution >= 0.6 is 0 Å². The van der Waals surface area contributed by atoms with Crippen LogP contribution in [0.5, 0.6) is 0 Å². The molecule has 0 spiro atoms. The molecule has 5 nitrogen and oxygen atoms in total. The number of aromatic nitrogens is 1. The third kappa shape index (κ3) is 2.80. The summed E-state index contributed by atoms with van der Waals surface area (Å²) >= 11 is 0. The lowest BCUT2D eigenvalue weighted by atomic mass is 10.1. The van der Waals surface area contributed by atoms with Crippen LogP contribution in [-0.4, -0.2) is 34.8 Å².